The zero-order valence-corrected chi connectivity index (χ0v) is 18.8. The Balaban J connectivity index is 1.59. The van der Waals surface area contributed by atoms with E-state index in [2.05, 4.69) is 21.2 Å². The monoisotopic (exact) mass is 480 g/mol. The van der Waals surface area contributed by atoms with E-state index in [-0.39, 0.29) is 12.3 Å². The van der Waals surface area contributed by atoms with Crippen molar-refractivity contribution in [3.8, 4) is 5.75 Å². The van der Waals surface area contributed by atoms with E-state index in [1.54, 1.807) is 47.8 Å². The first kappa shape index (κ1) is 21.8. The molecule has 1 fully saturated rings. The van der Waals surface area contributed by atoms with E-state index in [0.717, 1.165) is 29.3 Å². The van der Waals surface area contributed by atoms with Gasteiger partial charge in [0.05, 0.1) is 17.7 Å². The Morgan fingerprint density at radius 2 is 1.79 bits per heavy atom. The third kappa shape index (κ3) is 5.58. The summed E-state index contributed by atoms with van der Waals surface area (Å²) in [5, 5.41) is 2.85. The molecule has 0 bridgehead atoms. The number of aryl methyl sites for hydroxylation is 1. The molecule has 2 aromatic rings. The Kier molecular flexibility index (Phi) is 7.32. The highest BCUT2D eigenvalue weighted by molar-refractivity contribution is 9.10. The van der Waals surface area contributed by atoms with Crippen molar-refractivity contribution in [1.82, 2.24) is 4.31 Å². The predicted octanol–water partition coefficient (Wildman–Crippen LogP) is 4.20. The maximum atomic E-state index is 12.7. The molecular formula is C21H25BrN2O4S. The Labute approximate surface area is 180 Å². The summed E-state index contributed by atoms with van der Waals surface area (Å²) in [6, 6.07) is 12.2. The lowest BCUT2D eigenvalue weighted by Crippen LogP contribution is -2.35. The number of benzene rings is 2. The van der Waals surface area contributed by atoms with Crippen LogP contribution in [0.1, 0.15) is 31.2 Å². The van der Waals surface area contributed by atoms with Crippen LogP contribution in [-0.2, 0) is 21.2 Å². The number of hydrogen-bond acceptors (Lipinski definition) is 4. The van der Waals surface area contributed by atoms with Crippen molar-refractivity contribution >= 4 is 37.5 Å². The normalized spacial score (nSPS) is 15.1. The second kappa shape index (κ2) is 9.73. The number of nitrogens with zero attached hydrogens (tertiary/aromatic N) is 1. The van der Waals surface area contributed by atoms with Crippen LogP contribution in [0, 0.1) is 0 Å². The molecule has 156 valence electrons. The fourth-order valence-corrected chi connectivity index (χ4v) is 5.21. The van der Waals surface area contributed by atoms with Gasteiger partial charge in [-0.25, -0.2) is 8.42 Å². The lowest BCUT2D eigenvalue weighted by Gasteiger charge is -2.25. The van der Waals surface area contributed by atoms with E-state index in [1.165, 1.54) is 0 Å². The minimum Gasteiger partial charge on any atom is -0.495 e. The third-order valence-electron chi connectivity index (χ3n) is 4.95. The number of sulfonamides is 1. The van der Waals surface area contributed by atoms with E-state index in [0.29, 0.717) is 35.8 Å². The molecule has 2 aromatic carbocycles. The summed E-state index contributed by atoms with van der Waals surface area (Å²) in [6.07, 6.45) is 3.71. The van der Waals surface area contributed by atoms with E-state index >= 15 is 0 Å². The number of nitrogens with one attached hydrogen (secondary N) is 1. The van der Waals surface area contributed by atoms with Gasteiger partial charge in [-0.05, 0) is 55.2 Å². The Morgan fingerprint density at radius 3 is 2.45 bits per heavy atom. The molecule has 0 radical (unpaired) electrons. The van der Waals surface area contributed by atoms with Gasteiger partial charge < -0.3 is 10.1 Å². The lowest BCUT2D eigenvalue weighted by atomic mass is 10.1. The first-order valence-corrected chi connectivity index (χ1v) is 11.9. The van der Waals surface area contributed by atoms with Gasteiger partial charge in [-0.2, -0.15) is 4.31 Å². The second-order valence-corrected chi connectivity index (χ2v) is 9.86. The van der Waals surface area contributed by atoms with Crippen molar-refractivity contribution < 1.29 is 17.9 Å². The fraction of sp³-hybridized carbons (Fsp3) is 0.381. The van der Waals surface area contributed by atoms with Crippen molar-refractivity contribution in [3.05, 3.63) is 52.5 Å². The third-order valence-corrected chi connectivity index (χ3v) is 7.36. The summed E-state index contributed by atoms with van der Waals surface area (Å²) in [5.74, 6) is 0.459. The van der Waals surface area contributed by atoms with Gasteiger partial charge in [0.25, 0.3) is 0 Å². The van der Waals surface area contributed by atoms with Crippen LogP contribution >= 0.6 is 15.9 Å². The molecular weight excluding hydrogens is 456 g/mol. The Morgan fingerprint density at radius 1 is 1.10 bits per heavy atom. The van der Waals surface area contributed by atoms with Gasteiger partial charge in [0.1, 0.15) is 5.75 Å². The fourth-order valence-electron chi connectivity index (χ4n) is 3.33. The molecule has 0 saturated carbocycles. The highest BCUT2D eigenvalue weighted by Crippen LogP contribution is 2.28. The van der Waals surface area contributed by atoms with Crippen molar-refractivity contribution in [1.29, 1.82) is 0 Å². The zero-order chi connectivity index (χ0) is 20.9. The van der Waals surface area contributed by atoms with Crippen molar-refractivity contribution in [2.45, 2.75) is 37.0 Å². The maximum absolute atomic E-state index is 12.7. The predicted molar refractivity (Wildman–Crippen MR) is 117 cm³/mol. The summed E-state index contributed by atoms with van der Waals surface area (Å²) in [6.45, 7) is 1.17. The first-order chi connectivity index (χ1) is 13.9. The SMILES string of the molecule is COc1ccc(Br)cc1NC(=O)CCc1ccc(S(=O)(=O)N2CCCCC2)cc1. The second-order valence-electron chi connectivity index (χ2n) is 7.00. The molecule has 6 nitrogen and oxygen atoms in total. The molecule has 1 heterocycles. The maximum Gasteiger partial charge on any atom is 0.243 e. The quantitative estimate of drug-likeness (QED) is 0.643. The average Bonchev–Trinajstić information content (AvgIpc) is 2.73. The number of ether oxygens (including phenoxy) is 1. The summed E-state index contributed by atoms with van der Waals surface area (Å²) in [4.78, 5) is 12.6. The Hall–Kier alpha value is -1.90. The number of piperidine rings is 1. The minimum atomic E-state index is -3.43. The summed E-state index contributed by atoms with van der Waals surface area (Å²) < 4.78 is 33.1. The molecule has 3 rings (SSSR count). The largest absolute Gasteiger partial charge is 0.495 e. The van der Waals surface area contributed by atoms with Crippen molar-refractivity contribution in [2.24, 2.45) is 0 Å². The molecule has 0 spiro atoms. The topological polar surface area (TPSA) is 75.7 Å². The average molecular weight is 481 g/mol. The van der Waals surface area contributed by atoms with E-state index in [9.17, 15) is 13.2 Å². The number of anilines is 1. The van der Waals surface area contributed by atoms with Gasteiger partial charge in [-0.1, -0.05) is 34.5 Å². The first-order valence-electron chi connectivity index (χ1n) is 9.62. The standard InChI is InChI=1S/C21H25BrN2O4S/c1-28-20-11-8-17(22)15-19(20)23-21(25)12-7-16-5-9-18(10-6-16)29(26,27)24-13-3-2-4-14-24/h5-6,8-11,15H,2-4,7,12-14H2,1H3,(H,23,25). The van der Waals surface area contributed by atoms with Crippen molar-refractivity contribution in [2.75, 3.05) is 25.5 Å². The highest BCUT2D eigenvalue weighted by Gasteiger charge is 2.25. The Bertz CT molecular complexity index is 955. The van der Waals surface area contributed by atoms with Gasteiger partial charge in [0.15, 0.2) is 0 Å². The van der Waals surface area contributed by atoms with Gasteiger partial charge >= 0.3 is 0 Å². The molecule has 0 unspecified atom stereocenters. The molecule has 1 aliphatic heterocycles. The van der Waals surface area contributed by atoms with Crippen LogP contribution in [0.3, 0.4) is 0 Å². The van der Waals surface area contributed by atoms with E-state index in [4.69, 9.17) is 4.74 Å². The molecule has 1 N–H and O–H groups in total. The van der Waals surface area contributed by atoms with E-state index in [1.807, 2.05) is 6.07 Å². The van der Waals surface area contributed by atoms with Gasteiger partial charge in [0, 0.05) is 24.0 Å². The molecule has 1 saturated heterocycles. The van der Waals surface area contributed by atoms with Crippen LogP contribution in [0.15, 0.2) is 51.8 Å². The van der Waals surface area contributed by atoms with Gasteiger partial charge in [-0.3, -0.25) is 4.79 Å². The molecule has 1 amide bonds. The van der Waals surface area contributed by atoms with Crippen LogP contribution in [0.25, 0.3) is 0 Å². The van der Waals surface area contributed by atoms with Crippen LogP contribution in [0.2, 0.25) is 0 Å². The molecule has 8 heteroatoms. The van der Waals surface area contributed by atoms with Gasteiger partial charge in [0.2, 0.25) is 15.9 Å². The summed E-state index contributed by atoms with van der Waals surface area (Å²) >= 11 is 3.38. The smallest absolute Gasteiger partial charge is 0.243 e. The molecule has 0 aliphatic carbocycles. The number of hydrogen-bond donors (Lipinski definition) is 1. The van der Waals surface area contributed by atoms with E-state index < -0.39 is 10.0 Å². The lowest BCUT2D eigenvalue weighted by molar-refractivity contribution is -0.116. The number of rotatable bonds is 7. The number of carbonyl (C=O) groups excluding carboxylic acids is 1. The van der Waals surface area contributed by atoms with Crippen LogP contribution in [-0.4, -0.2) is 38.8 Å². The van der Waals surface area contributed by atoms with Crippen LogP contribution in [0.5, 0.6) is 5.75 Å². The zero-order valence-electron chi connectivity index (χ0n) is 16.4. The minimum absolute atomic E-state index is 0.133. The number of amides is 1. The van der Waals surface area contributed by atoms with Crippen LogP contribution in [0.4, 0.5) is 5.69 Å². The highest BCUT2D eigenvalue weighted by atomic mass is 79.9. The molecule has 29 heavy (non-hydrogen) atoms. The van der Waals surface area contributed by atoms with Crippen LogP contribution < -0.4 is 10.1 Å². The van der Waals surface area contributed by atoms with Crippen molar-refractivity contribution in [3.63, 3.8) is 0 Å². The molecule has 0 aromatic heterocycles. The number of halogens is 1. The molecule has 1 aliphatic rings. The number of methoxy groups -OCH3 is 1. The number of carbonyl (C=O) groups is 1. The summed E-state index contributed by atoms with van der Waals surface area (Å²) in [7, 11) is -1.87. The summed E-state index contributed by atoms with van der Waals surface area (Å²) in [5.41, 5.74) is 1.52. The van der Waals surface area contributed by atoms with Gasteiger partial charge in [-0.15, -0.1) is 0 Å². The molecule has 0 atom stereocenters.